The SMILES string of the molecule is Cn1c2ccc(c1=O)C(=O)NC(CCCCCNC(=O)CCCC(=O)O)CN1CCNC(=O)c3ccc(c(=O)n3O)C(=O)NCCN(CCNC2=O)CCOCCN2CCNC(=O)c3ccc(n(O)c3=O)C(=O)NCCN(CCNC(=O)c3ccc(n(O)c3=O)C(=O)NCC2)CCOCC1. The number of carbonyl (C=O) groups is 10. The fourth-order valence-corrected chi connectivity index (χ4v) is 11.1. The van der Waals surface area contributed by atoms with E-state index in [1.54, 1.807) is 14.7 Å². The van der Waals surface area contributed by atoms with Crippen LogP contribution < -0.4 is 70.1 Å². The molecule has 14 aliphatic rings. The lowest BCUT2D eigenvalue weighted by atomic mass is 10.1. The largest absolute Gasteiger partial charge is 0.481 e. The van der Waals surface area contributed by atoms with Crippen molar-refractivity contribution in [1.82, 2.24) is 86.2 Å². The molecule has 12 bridgehead atoms. The van der Waals surface area contributed by atoms with E-state index < -0.39 is 115 Å². The lowest BCUT2D eigenvalue weighted by molar-refractivity contribution is -0.137. The van der Waals surface area contributed by atoms with Gasteiger partial charge in [-0.15, -0.1) is 14.2 Å². The summed E-state index contributed by atoms with van der Waals surface area (Å²) in [6.45, 7) is 0.466. The number of ether oxygens (including phenoxy) is 2. The van der Waals surface area contributed by atoms with Crippen molar-refractivity contribution in [2.75, 3.05) is 157 Å². The first-order valence-corrected chi connectivity index (χ1v) is 32.9. The molecule has 4 aromatic rings. The Hall–Kier alpha value is -10.3. The van der Waals surface area contributed by atoms with Crippen molar-refractivity contribution < 1.29 is 78.1 Å². The van der Waals surface area contributed by atoms with Crippen LogP contribution in [0.4, 0.5) is 0 Å². The molecular formula is C63H87N17O20. The molecule has 0 radical (unpaired) electrons. The van der Waals surface area contributed by atoms with Crippen LogP contribution in [0.1, 0.15) is 128 Å². The summed E-state index contributed by atoms with van der Waals surface area (Å²) in [7, 11) is 1.34. The first-order chi connectivity index (χ1) is 48.0. The summed E-state index contributed by atoms with van der Waals surface area (Å²) in [4.78, 5) is 194. The van der Waals surface area contributed by atoms with Gasteiger partial charge in [0.15, 0.2) is 0 Å². The van der Waals surface area contributed by atoms with Gasteiger partial charge in [0.25, 0.3) is 69.5 Å². The Morgan fingerprint density at radius 2 is 0.750 bits per heavy atom. The summed E-state index contributed by atoms with van der Waals surface area (Å²) in [5.41, 5.74) is -7.75. The Bertz CT molecular complexity index is 3850. The molecule has 37 heteroatoms. The highest BCUT2D eigenvalue weighted by atomic mass is 16.5. The third-order valence-electron chi connectivity index (χ3n) is 16.8. The minimum Gasteiger partial charge on any atom is -0.481 e. The third-order valence-corrected chi connectivity index (χ3v) is 16.8. The number of nitrogens with one attached hydrogen (secondary N) is 9. The minimum atomic E-state index is -1.20. The van der Waals surface area contributed by atoms with Crippen molar-refractivity contribution in [1.29, 1.82) is 0 Å². The van der Waals surface area contributed by atoms with Crippen LogP contribution in [0.15, 0.2) is 67.7 Å². The number of carbonyl (C=O) groups excluding carboxylic acids is 9. The summed E-state index contributed by atoms with van der Waals surface area (Å²) >= 11 is 0. The molecule has 9 amide bonds. The molecule has 18 heterocycles. The highest BCUT2D eigenvalue weighted by Crippen LogP contribution is 2.11. The molecule has 13 N–H and O–H groups in total. The Morgan fingerprint density at radius 3 is 1.14 bits per heavy atom. The highest BCUT2D eigenvalue weighted by molar-refractivity contribution is 5.99. The van der Waals surface area contributed by atoms with Gasteiger partial charge in [-0.25, -0.2) is 0 Å². The van der Waals surface area contributed by atoms with Crippen LogP contribution in [0.25, 0.3) is 0 Å². The molecule has 37 nitrogen and oxygen atoms in total. The summed E-state index contributed by atoms with van der Waals surface area (Å²) in [6, 6.07) is 8.40. The molecule has 0 aliphatic carbocycles. The van der Waals surface area contributed by atoms with Crippen LogP contribution >= 0.6 is 0 Å². The zero-order valence-corrected chi connectivity index (χ0v) is 55.5. The normalized spacial score (nSPS) is 20.9. The minimum absolute atomic E-state index is 0.0135. The zero-order chi connectivity index (χ0) is 72.3. The lowest BCUT2D eigenvalue weighted by Crippen LogP contribution is -2.48. The zero-order valence-electron chi connectivity index (χ0n) is 55.5. The molecule has 18 rings (SSSR count). The number of hydrogen-bond donors (Lipinski definition) is 13. The van der Waals surface area contributed by atoms with Crippen LogP contribution in [0.3, 0.4) is 0 Å². The molecule has 14 aliphatic heterocycles. The first kappa shape index (κ1) is 77.0. The third kappa shape index (κ3) is 22.6. The average Bonchev–Trinajstić information content (AvgIpc) is 0.835. The number of aliphatic carboxylic acids is 1. The van der Waals surface area contributed by atoms with Crippen molar-refractivity contribution in [3.8, 4) is 0 Å². The number of hydrogen-bond acceptors (Lipinski definition) is 23. The molecule has 0 spiro atoms. The van der Waals surface area contributed by atoms with Gasteiger partial charge < -0.3 is 82.6 Å². The van der Waals surface area contributed by atoms with Gasteiger partial charge in [0.2, 0.25) is 5.91 Å². The molecule has 5 unspecified atom stereocenters. The quantitative estimate of drug-likeness (QED) is 0.0523. The number of amides is 9. The van der Waals surface area contributed by atoms with E-state index in [9.17, 15) is 82.7 Å². The molecule has 5 atom stereocenters. The number of carboxylic acids is 1. The summed E-state index contributed by atoms with van der Waals surface area (Å²) in [5.74, 6) is -8.13. The summed E-state index contributed by atoms with van der Waals surface area (Å²) in [5, 5.41) is 66.2. The highest BCUT2D eigenvalue weighted by Gasteiger charge is 2.26. The summed E-state index contributed by atoms with van der Waals surface area (Å²) in [6.07, 6.45) is 1.83. The van der Waals surface area contributed by atoms with Crippen molar-refractivity contribution in [3.63, 3.8) is 0 Å². The number of carboxylic acid groups (broad SMARTS) is 1. The predicted molar refractivity (Wildman–Crippen MR) is 353 cm³/mol. The van der Waals surface area contributed by atoms with Crippen LogP contribution in [-0.2, 0) is 26.1 Å². The topological polar surface area (TPSA) is 479 Å². The Kier molecular flexibility index (Phi) is 29.8. The standard InChI is InChI=1S/C63H87N17O20/c1-73-46-13-9-45(60(73)92)55(87)72-41(6-3-2-4-17-64-50(81)7-5-8-51(82)83)40-77-31-24-71-59(91)49-16-12-44(63(95)80(49)98)54(86)65-18-25-74(28-21-68-56(46)88)32-36-99-37-33-75-26-19-66-52(84)42-10-15-48(79(97)61(42)93)58(90)70-23-30-76(34-38-100-39-35-77)27-20-67-53(85)43-11-14-47(78(96)62(43)94)57(89)69-22-29-75/h9-16,41,96-98H,2-8,17-40H2,1H3,(H,64,81)(H,65,86)(H,66,84)(H,67,85)(H,68,88)(H,69,89)(H,70,90)(H,71,91)(H,72,87)(H,82,83). The van der Waals surface area contributed by atoms with Gasteiger partial charge in [0, 0.05) is 157 Å². The number of nitrogens with zero attached hydrogens (tertiary/aromatic N) is 8. The summed E-state index contributed by atoms with van der Waals surface area (Å²) < 4.78 is 13.4. The van der Waals surface area contributed by atoms with Crippen LogP contribution in [0.2, 0.25) is 0 Å². The van der Waals surface area contributed by atoms with Gasteiger partial charge in [0.1, 0.15) is 45.0 Å². The van der Waals surface area contributed by atoms with E-state index in [0.717, 1.165) is 41.0 Å². The van der Waals surface area contributed by atoms with Crippen molar-refractivity contribution >= 4 is 59.1 Å². The molecule has 4 aromatic heterocycles. The Balaban J connectivity index is 1.23. The van der Waals surface area contributed by atoms with Gasteiger partial charge in [-0.1, -0.05) is 12.8 Å². The van der Waals surface area contributed by atoms with Crippen LogP contribution in [0.5, 0.6) is 0 Å². The van der Waals surface area contributed by atoms with Gasteiger partial charge >= 0.3 is 5.97 Å². The van der Waals surface area contributed by atoms with E-state index >= 15 is 0 Å². The Labute approximate surface area is 572 Å². The monoisotopic (exact) mass is 1400 g/mol. The van der Waals surface area contributed by atoms with E-state index in [1.165, 1.54) is 19.2 Å². The second-order valence-corrected chi connectivity index (χ2v) is 23.7. The van der Waals surface area contributed by atoms with Gasteiger partial charge in [-0.2, -0.15) is 0 Å². The van der Waals surface area contributed by atoms with E-state index in [1.807, 2.05) is 4.90 Å². The smallest absolute Gasteiger partial charge is 0.303 e. The van der Waals surface area contributed by atoms with Crippen LogP contribution in [-0.4, -0.2) is 282 Å². The number of unbranched alkanes of at least 4 members (excludes halogenated alkanes) is 2. The van der Waals surface area contributed by atoms with Crippen LogP contribution in [0, 0.1) is 0 Å². The molecule has 0 saturated heterocycles. The fraction of sp³-hybridized carbons (Fsp3) is 0.524. The first-order valence-electron chi connectivity index (χ1n) is 32.9. The van der Waals surface area contributed by atoms with Crippen molar-refractivity contribution in [2.24, 2.45) is 7.05 Å². The molecule has 0 aromatic carbocycles. The number of aromatic nitrogens is 4. The van der Waals surface area contributed by atoms with Gasteiger partial charge in [0.05, 0.1) is 26.4 Å². The van der Waals surface area contributed by atoms with E-state index in [4.69, 9.17) is 14.6 Å². The molecule has 544 valence electrons. The van der Waals surface area contributed by atoms with E-state index in [-0.39, 0.29) is 208 Å². The number of rotatable bonds is 10. The molecule has 0 saturated carbocycles. The fourth-order valence-electron chi connectivity index (χ4n) is 11.1. The second-order valence-electron chi connectivity index (χ2n) is 23.7. The molecule has 100 heavy (non-hydrogen) atoms. The Morgan fingerprint density at radius 1 is 0.410 bits per heavy atom. The maximum atomic E-state index is 14.3. The van der Waals surface area contributed by atoms with E-state index in [0.29, 0.717) is 25.7 Å². The molecule has 0 fully saturated rings. The van der Waals surface area contributed by atoms with Crippen molar-refractivity contribution in [3.05, 3.63) is 135 Å². The van der Waals surface area contributed by atoms with Crippen molar-refractivity contribution in [2.45, 2.75) is 51.0 Å². The van der Waals surface area contributed by atoms with Gasteiger partial charge in [-0.05, 0) is 67.8 Å². The average molecular weight is 1400 g/mol. The van der Waals surface area contributed by atoms with E-state index in [2.05, 4.69) is 47.9 Å². The van der Waals surface area contributed by atoms with Gasteiger partial charge in [-0.3, -0.25) is 86.7 Å². The number of pyridine rings is 4. The maximum Gasteiger partial charge on any atom is 0.303 e. The predicted octanol–water partition coefficient (Wildman–Crippen LogP) is -4.90. The lowest BCUT2D eigenvalue weighted by Gasteiger charge is -2.29. The second kappa shape index (κ2) is 38.7. The molecular weight excluding hydrogens is 1310 g/mol. The maximum absolute atomic E-state index is 14.3.